The van der Waals surface area contributed by atoms with Gasteiger partial charge in [0.1, 0.15) is 11.6 Å². The molecule has 8 nitrogen and oxygen atoms in total. The van der Waals surface area contributed by atoms with E-state index >= 15 is 0 Å². The SMILES string of the molecule is CC(C)C(CS(=O)(=O)N1CCN(c2ccc(-c3ccc(F)cc3)cn2)CC1)C(=O)NO. The number of anilines is 1. The Hall–Kier alpha value is -2.56. The number of hydrogen-bond acceptors (Lipinski definition) is 6. The van der Waals surface area contributed by atoms with Crippen LogP contribution in [0, 0.1) is 17.7 Å². The number of pyridine rings is 1. The van der Waals surface area contributed by atoms with Crippen molar-refractivity contribution < 1.29 is 22.8 Å². The van der Waals surface area contributed by atoms with Gasteiger partial charge in [-0.25, -0.2) is 23.3 Å². The van der Waals surface area contributed by atoms with Crippen LogP contribution in [-0.4, -0.2) is 60.8 Å². The van der Waals surface area contributed by atoms with Crippen LogP contribution in [0.1, 0.15) is 13.8 Å². The average molecular weight is 451 g/mol. The number of halogens is 1. The summed E-state index contributed by atoms with van der Waals surface area (Å²) in [5, 5.41) is 8.89. The molecule has 2 N–H and O–H groups in total. The van der Waals surface area contributed by atoms with Crippen LogP contribution in [0.3, 0.4) is 0 Å². The maximum Gasteiger partial charge on any atom is 0.247 e. The fourth-order valence-corrected chi connectivity index (χ4v) is 5.49. The number of nitrogens with one attached hydrogen (secondary N) is 1. The van der Waals surface area contributed by atoms with Crippen LogP contribution in [0.5, 0.6) is 0 Å². The molecule has 1 saturated heterocycles. The molecule has 0 aliphatic carbocycles. The van der Waals surface area contributed by atoms with Gasteiger partial charge in [-0.2, -0.15) is 4.31 Å². The quantitative estimate of drug-likeness (QED) is 0.495. The lowest BCUT2D eigenvalue weighted by Crippen LogP contribution is -2.51. The summed E-state index contributed by atoms with van der Waals surface area (Å²) in [4.78, 5) is 18.3. The van der Waals surface area contributed by atoms with Crippen LogP contribution in [0.2, 0.25) is 0 Å². The first-order chi connectivity index (χ1) is 14.7. The second-order valence-electron chi connectivity index (χ2n) is 7.90. The van der Waals surface area contributed by atoms with E-state index in [9.17, 15) is 17.6 Å². The molecule has 1 aromatic carbocycles. The summed E-state index contributed by atoms with van der Waals surface area (Å²) in [5.74, 6) is -1.65. The molecule has 1 unspecified atom stereocenters. The summed E-state index contributed by atoms with van der Waals surface area (Å²) in [5.41, 5.74) is 3.29. The summed E-state index contributed by atoms with van der Waals surface area (Å²) in [7, 11) is -3.65. The smallest absolute Gasteiger partial charge is 0.247 e. The number of benzene rings is 1. The van der Waals surface area contributed by atoms with Gasteiger partial charge < -0.3 is 4.90 Å². The van der Waals surface area contributed by atoms with Crippen LogP contribution in [0.15, 0.2) is 42.6 Å². The van der Waals surface area contributed by atoms with Crippen LogP contribution in [-0.2, 0) is 14.8 Å². The van der Waals surface area contributed by atoms with Gasteiger partial charge in [0.25, 0.3) is 0 Å². The van der Waals surface area contributed by atoms with E-state index < -0.39 is 21.8 Å². The predicted octanol–water partition coefficient (Wildman–Crippen LogP) is 2.12. The van der Waals surface area contributed by atoms with E-state index in [0.29, 0.717) is 13.1 Å². The van der Waals surface area contributed by atoms with E-state index in [1.54, 1.807) is 37.7 Å². The first-order valence-corrected chi connectivity index (χ1v) is 11.7. The Bertz CT molecular complexity index is 989. The molecule has 1 aliphatic heterocycles. The first kappa shape index (κ1) is 23.1. The summed E-state index contributed by atoms with van der Waals surface area (Å²) in [6.45, 7) is 5.01. The highest BCUT2D eigenvalue weighted by Gasteiger charge is 2.33. The monoisotopic (exact) mass is 450 g/mol. The molecular weight excluding hydrogens is 423 g/mol. The molecule has 2 heterocycles. The lowest BCUT2D eigenvalue weighted by molar-refractivity contribution is -0.134. The third-order valence-electron chi connectivity index (χ3n) is 5.52. The molecule has 1 atom stereocenters. The molecule has 10 heteroatoms. The highest BCUT2D eigenvalue weighted by atomic mass is 32.2. The summed E-state index contributed by atoms with van der Waals surface area (Å²) in [6, 6.07) is 9.95. The number of amides is 1. The third-order valence-corrected chi connectivity index (χ3v) is 7.46. The minimum Gasteiger partial charge on any atom is -0.354 e. The summed E-state index contributed by atoms with van der Waals surface area (Å²) < 4.78 is 40.1. The van der Waals surface area contributed by atoms with Crippen molar-refractivity contribution in [1.29, 1.82) is 0 Å². The number of nitrogens with zero attached hydrogens (tertiary/aromatic N) is 3. The van der Waals surface area contributed by atoms with E-state index in [-0.39, 0.29) is 30.6 Å². The normalized spacial score (nSPS) is 16.4. The molecule has 1 aromatic heterocycles. The predicted molar refractivity (Wildman–Crippen MR) is 115 cm³/mol. The number of hydrogen-bond donors (Lipinski definition) is 2. The molecule has 1 amide bonds. The summed E-state index contributed by atoms with van der Waals surface area (Å²) >= 11 is 0. The molecule has 3 rings (SSSR count). The molecule has 168 valence electrons. The van der Waals surface area contributed by atoms with Crippen LogP contribution in [0.25, 0.3) is 11.1 Å². The van der Waals surface area contributed by atoms with Crippen LogP contribution < -0.4 is 10.4 Å². The fourth-order valence-electron chi connectivity index (χ4n) is 3.57. The number of piperazine rings is 1. The van der Waals surface area contributed by atoms with Crippen LogP contribution >= 0.6 is 0 Å². The van der Waals surface area contributed by atoms with Crippen molar-refractivity contribution in [2.24, 2.45) is 11.8 Å². The molecule has 31 heavy (non-hydrogen) atoms. The number of aromatic nitrogens is 1. The van der Waals surface area contributed by atoms with Gasteiger partial charge in [-0.05, 0) is 35.7 Å². The standard InChI is InChI=1S/C21H27FN4O4S/c1-15(2)19(21(27)24-28)14-31(29,30)26-11-9-25(10-12-26)20-8-5-17(13-23-20)16-3-6-18(22)7-4-16/h3-8,13,15,19,28H,9-12,14H2,1-2H3,(H,24,27). The zero-order valence-corrected chi connectivity index (χ0v) is 18.3. The first-order valence-electron chi connectivity index (χ1n) is 10.1. The van der Waals surface area contributed by atoms with E-state index in [0.717, 1.165) is 16.9 Å². The van der Waals surface area contributed by atoms with Gasteiger partial charge in [-0.3, -0.25) is 10.0 Å². The zero-order valence-electron chi connectivity index (χ0n) is 17.5. The minimum atomic E-state index is -3.65. The van der Waals surface area contributed by atoms with Gasteiger partial charge in [0.15, 0.2) is 0 Å². The van der Waals surface area contributed by atoms with Gasteiger partial charge in [0.2, 0.25) is 15.9 Å². The van der Waals surface area contributed by atoms with Crippen LogP contribution in [0.4, 0.5) is 10.2 Å². The highest BCUT2D eigenvalue weighted by molar-refractivity contribution is 7.89. The number of sulfonamides is 1. The zero-order chi connectivity index (χ0) is 22.6. The molecule has 1 fully saturated rings. The van der Waals surface area contributed by atoms with Crippen molar-refractivity contribution in [1.82, 2.24) is 14.8 Å². The molecule has 1 aliphatic rings. The number of carbonyl (C=O) groups is 1. The van der Waals surface area contributed by atoms with Crippen molar-refractivity contribution >= 4 is 21.7 Å². The van der Waals surface area contributed by atoms with Gasteiger partial charge in [0, 0.05) is 37.9 Å². The molecule has 0 spiro atoms. The van der Waals surface area contributed by atoms with E-state index in [1.807, 2.05) is 17.0 Å². The largest absolute Gasteiger partial charge is 0.354 e. The van der Waals surface area contributed by atoms with Crippen molar-refractivity contribution in [3.8, 4) is 11.1 Å². The molecule has 0 saturated carbocycles. The Morgan fingerprint density at radius 1 is 1.10 bits per heavy atom. The van der Waals surface area contributed by atoms with Crippen molar-refractivity contribution in [2.45, 2.75) is 13.8 Å². The van der Waals surface area contributed by atoms with Gasteiger partial charge >= 0.3 is 0 Å². The van der Waals surface area contributed by atoms with Crippen molar-refractivity contribution in [3.63, 3.8) is 0 Å². The number of hydroxylamine groups is 1. The Labute approximate surface area is 181 Å². The van der Waals surface area contributed by atoms with E-state index in [2.05, 4.69) is 4.98 Å². The van der Waals surface area contributed by atoms with Crippen molar-refractivity contribution in [2.75, 3.05) is 36.8 Å². The van der Waals surface area contributed by atoms with E-state index in [4.69, 9.17) is 5.21 Å². The molecule has 2 aromatic rings. The Kier molecular flexibility index (Phi) is 7.24. The average Bonchev–Trinajstić information content (AvgIpc) is 2.77. The topological polar surface area (TPSA) is 103 Å². The maximum atomic E-state index is 13.1. The molecule has 0 radical (unpaired) electrons. The lowest BCUT2D eigenvalue weighted by Gasteiger charge is -2.35. The fraction of sp³-hybridized carbons (Fsp3) is 0.429. The molecule has 0 bridgehead atoms. The lowest BCUT2D eigenvalue weighted by atomic mass is 9.97. The van der Waals surface area contributed by atoms with Crippen molar-refractivity contribution in [3.05, 3.63) is 48.4 Å². The Morgan fingerprint density at radius 3 is 2.23 bits per heavy atom. The maximum absolute atomic E-state index is 13.1. The highest BCUT2D eigenvalue weighted by Crippen LogP contribution is 2.23. The second kappa shape index (κ2) is 9.71. The minimum absolute atomic E-state index is 0.230. The van der Waals surface area contributed by atoms with Gasteiger partial charge in [0.05, 0.1) is 11.7 Å². The summed E-state index contributed by atoms with van der Waals surface area (Å²) in [6.07, 6.45) is 1.71. The van der Waals surface area contributed by atoms with Gasteiger partial charge in [-0.1, -0.05) is 26.0 Å². The second-order valence-corrected chi connectivity index (χ2v) is 9.92. The Morgan fingerprint density at radius 2 is 1.71 bits per heavy atom. The van der Waals surface area contributed by atoms with Gasteiger partial charge in [-0.15, -0.1) is 0 Å². The Balaban J connectivity index is 1.62. The van der Waals surface area contributed by atoms with E-state index in [1.165, 1.54) is 16.4 Å². The number of rotatable bonds is 7. The third kappa shape index (κ3) is 5.57. The number of carbonyl (C=O) groups excluding carboxylic acids is 1. The molecular formula is C21H27FN4O4S.